The van der Waals surface area contributed by atoms with Crippen LogP contribution in [0.4, 0.5) is 15.8 Å². The van der Waals surface area contributed by atoms with E-state index in [0.29, 0.717) is 0 Å². The number of anilines is 1. The highest BCUT2D eigenvalue weighted by molar-refractivity contribution is 9.10. The Morgan fingerprint density at radius 1 is 1.33 bits per heavy atom. The molecule has 0 aliphatic rings. The fourth-order valence-electron chi connectivity index (χ4n) is 1.61. The molecule has 6 nitrogen and oxygen atoms in total. The van der Waals surface area contributed by atoms with Crippen molar-refractivity contribution in [3.63, 3.8) is 0 Å². The van der Waals surface area contributed by atoms with E-state index >= 15 is 0 Å². The van der Waals surface area contributed by atoms with E-state index < -0.39 is 16.6 Å². The Balaban J connectivity index is 2.33. The second-order valence-corrected chi connectivity index (χ2v) is 4.87. The summed E-state index contributed by atoms with van der Waals surface area (Å²) in [6.45, 7) is 0. The largest absolute Gasteiger partial charge is 0.506 e. The first-order valence-corrected chi connectivity index (χ1v) is 6.42. The zero-order valence-electron chi connectivity index (χ0n) is 10.3. The van der Waals surface area contributed by atoms with Crippen LogP contribution in [0.3, 0.4) is 0 Å². The number of non-ortho nitro benzene ring substituents is 1. The third-order valence-corrected chi connectivity index (χ3v) is 3.25. The number of nitrogens with zero attached hydrogens (tertiary/aromatic N) is 1. The van der Waals surface area contributed by atoms with Gasteiger partial charge in [0.05, 0.1) is 20.6 Å². The van der Waals surface area contributed by atoms with Crippen LogP contribution in [-0.4, -0.2) is 15.9 Å². The van der Waals surface area contributed by atoms with Gasteiger partial charge in [-0.05, 0) is 34.1 Å². The topological polar surface area (TPSA) is 92.5 Å². The molecule has 2 rings (SSSR count). The number of nitro groups is 1. The number of nitrogens with one attached hydrogen (secondary N) is 1. The summed E-state index contributed by atoms with van der Waals surface area (Å²) in [5.41, 5.74) is -0.735. The summed E-state index contributed by atoms with van der Waals surface area (Å²) < 4.78 is 13.9. The van der Waals surface area contributed by atoms with E-state index in [1.165, 1.54) is 18.2 Å². The fraction of sp³-hybridized carbons (Fsp3) is 0. The Hall–Kier alpha value is -2.48. The second kappa shape index (κ2) is 5.88. The molecule has 0 bridgehead atoms. The molecule has 2 N–H and O–H groups in total. The van der Waals surface area contributed by atoms with Crippen molar-refractivity contribution >= 4 is 33.2 Å². The van der Waals surface area contributed by atoms with Gasteiger partial charge in [-0.3, -0.25) is 14.9 Å². The third kappa shape index (κ3) is 3.16. The lowest BCUT2D eigenvalue weighted by atomic mass is 10.2. The summed E-state index contributed by atoms with van der Waals surface area (Å²) in [7, 11) is 0. The van der Waals surface area contributed by atoms with Gasteiger partial charge in [0.2, 0.25) is 0 Å². The maximum atomic E-state index is 13.8. The van der Waals surface area contributed by atoms with E-state index in [1.54, 1.807) is 0 Å². The molecule has 0 atom stereocenters. The predicted octanol–water partition coefficient (Wildman–Crippen LogP) is 3.45. The van der Waals surface area contributed by atoms with Gasteiger partial charge in [-0.1, -0.05) is 6.07 Å². The molecule has 0 saturated carbocycles. The van der Waals surface area contributed by atoms with Gasteiger partial charge < -0.3 is 10.4 Å². The van der Waals surface area contributed by atoms with Crippen LogP contribution >= 0.6 is 15.9 Å². The molecule has 0 aliphatic carbocycles. The van der Waals surface area contributed by atoms with Crippen molar-refractivity contribution in [3.8, 4) is 5.75 Å². The molecule has 0 saturated heterocycles. The van der Waals surface area contributed by atoms with Crippen molar-refractivity contribution in [2.24, 2.45) is 0 Å². The Morgan fingerprint density at radius 2 is 2.05 bits per heavy atom. The molecule has 0 radical (unpaired) electrons. The van der Waals surface area contributed by atoms with E-state index in [0.717, 1.165) is 18.2 Å². The molecule has 0 heterocycles. The second-order valence-electron chi connectivity index (χ2n) is 4.01. The van der Waals surface area contributed by atoms with Crippen molar-refractivity contribution in [2.45, 2.75) is 0 Å². The predicted molar refractivity (Wildman–Crippen MR) is 76.8 cm³/mol. The minimum Gasteiger partial charge on any atom is -0.506 e. The Morgan fingerprint density at radius 3 is 2.71 bits per heavy atom. The van der Waals surface area contributed by atoms with E-state index in [1.807, 2.05) is 0 Å². The standard InChI is InChI=1S/C13H8BrFN2O4/c14-9-3-1-2-8(12(9)15)13(19)16-10-6-7(17(20)21)4-5-11(10)18/h1-6,18H,(H,16,19). The molecule has 108 valence electrons. The Kier molecular flexibility index (Phi) is 4.18. The van der Waals surface area contributed by atoms with Gasteiger partial charge in [0, 0.05) is 12.1 Å². The molecule has 2 aromatic rings. The molecule has 1 amide bonds. The molecule has 0 aromatic heterocycles. The van der Waals surface area contributed by atoms with E-state index in [4.69, 9.17) is 0 Å². The molecule has 2 aromatic carbocycles. The van der Waals surface area contributed by atoms with E-state index in [9.17, 15) is 24.4 Å². The molecule has 21 heavy (non-hydrogen) atoms. The van der Waals surface area contributed by atoms with E-state index in [-0.39, 0.29) is 27.2 Å². The van der Waals surface area contributed by atoms with E-state index in [2.05, 4.69) is 21.2 Å². The molecule has 0 fully saturated rings. The monoisotopic (exact) mass is 354 g/mol. The van der Waals surface area contributed by atoms with Crippen LogP contribution in [0.1, 0.15) is 10.4 Å². The minimum absolute atomic E-state index is 0.110. The smallest absolute Gasteiger partial charge is 0.271 e. The number of phenolic OH excluding ortho intramolecular Hbond substituents is 1. The summed E-state index contributed by atoms with van der Waals surface area (Å²) >= 11 is 2.95. The van der Waals surface area contributed by atoms with Crippen LogP contribution in [0.5, 0.6) is 5.75 Å². The normalized spacial score (nSPS) is 10.2. The average molecular weight is 355 g/mol. The van der Waals surface area contributed by atoms with Gasteiger partial charge in [-0.2, -0.15) is 0 Å². The highest BCUT2D eigenvalue weighted by atomic mass is 79.9. The number of rotatable bonds is 3. The third-order valence-electron chi connectivity index (χ3n) is 2.64. The lowest BCUT2D eigenvalue weighted by Crippen LogP contribution is -2.14. The van der Waals surface area contributed by atoms with Crippen LogP contribution in [0, 0.1) is 15.9 Å². The first-order chi connectivity index (χ1) is 9.90. The van der Waals surface area contributed by atoms with Gasteiger partial charge in [0.15, 0.2) is 0 Å². The minimum atomic E-state index is -0.829. The molecular formula is C13H8BrFN2O4. The number of carbonyl (C=O) groups is 1. The quantitative estimate of drug-likeness (QED) is 0.501. The molecule has 0 unspecified atom stereocenters. The number of carbonyl (C=O) groups excluding carboxylic acids is 1. The van der Waals surface area contributed by atoms with Gasteiger partial charge in [-0.25, -0.2) is 4.39 Å². The summed E-state index contributed by atoms with van der Waals surface area (Å²) in [5.74, 6) is -1.95. The van der Waals surface area contributed by atoms with Crippen molar-refractivity contribution < 1.29 is 19.2 Å². The SMILES string of the molecule is O=C(Nc1cc([N+](=O)[O-])ccc1O)c1cccc(Br)c1F. The Labute approximate surface area is 126 Å². The number of nitro benzene ring substituents is 1. The number of hydrogen-bond acceptors (Lipinski definition) is 4. The number of phenols is 1. The first kappa shape index (κ1) is 14.9. The van der Waals surface area contributed by atoms with Crippen LogP contribution in [0.2, 0.25) is 0 Å². The lowest BCUT2D eigenvalue weighted by molar-refractivity contribution is -0.384. The van der Waals surface area contributed by atoms with Crippen LogP contribution in [-0.2, 0) is 0 Å². The van der Waals surface area contributed by atoms with Gasteiger partial charge in [0.1, 0.15) is 11.6 Å². The Bertz CT molecular complexity index is 736. The zero-order chi connectivity index (χ0) is 15.6. The average Bonchev–Trinajstić information content (AvgIpc) is 2.43. The number of hydrogen-bond donors (Lipinski definition) is 2. The zero-order valence-corrected chi connectivity index (χ0v) is 11.9. The van der Waals surface area contributed by atoms with Gasteiger partial charge in [-0.15, -0.1) is 0 Å². The fourth-order valence-corrected chi connectivity index (χ4v) is 1.97. The summed E-state index contributed by atoms with van der Waals surface area (Å²) in [6.07, 6.45) is 0. The number of benzene rings is 2. The summed E-state index contributed by atoms with van der Waals surface area (Å²) in [6, 6.07) is 7.30. The first-order valence-electron chi connectivity index (χ1n) is 5.63. The maximum absolute atomic E-state index is 13.8. The molecular weight excluding hydrogens is 347 g/mol. The highest BCUT2D eigenvalue weighted by Crippen LogP contribution is 2.28. The highest BCUT2D eigenvalue weighted by Gasteiger charge is 2.17. The summed E-state index contributed by atoms with van der Waals surface area (Å²) in [4.78, 5) is 22.0. The van der Waals surface area contributed by atoms with Crippen molar-refractivity contribution in [2.75, 3.05) is 5.32 Å². The van der Waals surface area contributed by atoms with Crippen LogP contribution in [0.25, 0.3) is 0 Å². The van der Waals surface area contributed by atoms with Crippen molar-refractivity contribution in [1.29, 1.82) is 0 Å². The maximum Gasteiger partial charge on any atom is 0.271 e. The van der Waals surface area contributed by atoms with Gasteiger partial charge in [0.25, 0.3) is 11.6 Å². The number of aromatic hydroxyl groups is 1. The number of halogens is 2. The molecule has 0 aliphatic heterocycles. The van der Waals surface area contributed by atoms with Crippen molar-refractivity contribution in [1.82, 2.24) is 0 Å². The summed E-state index contributed by atoms with van der Waals surface area (Å²) in [5, 5.41) is 22.5. The molecule has 0 spiro atoms. The molecule has 8 heteroatoms. The van der Waals surface area contributed by atoms with Crippen LogP contribution in [0.15, 0.2) is 40.9 Å². The van der Waals surface area contributed by atoms with Gasteiger partial charge >= 0.3 is 0 Å². The van der Waals surface area contributed by atoms with Crippen LogP contribution < -0.4 is 5.32 Å². The number of amides is 1. The lowest BCUT2D eigenvalue weighted by Gasteiger charge is -2.08. The van der Waals surface area contributed by atoms with Crippen molar-refractivity contribution in [3.05, 3.63) is 62.4 Å².